The molecule has 4 rings (SSSR count). The number of anilines is 1. The molecule has 28 heavy (non-hydrogen) atoms. The van der Waals surface area contributed by atoms with Gasteiger partial charge in [-0.25, -0.2) is 4.99 Å². The number of nitrogens with two attached hydrogens (primary N) is 1. The first-order valence-electron chi connectivity index (χ1n) is 10.0. The van der Waals surface area contributed by atoms with Crippen molar-refractivity contribution in [2.45, 2.75) is 32.6 Å². The van der Waals surface area contributed by atoms with Gasteiger partial charge in [0.2, 0.25) is 5.96 Å². The summed E-state index contributed by atoms with van der Waals surface area (Å²) in [5, 5.41) is 2.54. The third-order valence-corrected chi connectivity index (χ3v) is 5.42. The largest absolute Gasteiger partial charge is 0.494 e. The Hall–Kier alpha value is -3.01. The zero-order valence-electron chi connectivity index (χ0n) is 16.6. The summed E-state index contributed by atoms with van der Waals surface area (Å²) in [4.78, 5) is 6.65. The van der Waals surface area contributed by atoms with Crippen molar-refractivity contribution < 1.29 is 4.74 Å². The zero-order valence-corrected chi connectivity index (χ0v) is 16.6. The minimum Gasteiger partial charge on any atom is -0.494 e. The molecule has 0 fully saturated rings. The third kappa shape index (κ3) is 3.55. The molecule has 0 aliphatic heterocycles. The number of hydrogen-bond acceptors (Lipinski definition) is 2. The van der Waals surface area contributed by atoms with E-state index < -0.39 is 0 Å². The quantitative estimate of drug-likeness (QED) is 0.367. The molecule has 1 aliphatic rings. The van der Waals surface area contributed by atoms with E-state index in [0.29, 0.717) is 5.96 Å². The molecule has 0 amide bonds. The first kappa shape index (κ1) is 18.4. The summed E-state index contributed by atoms with van der Waals surface area (Å²) in [5.74, 6) is 1.35. The van der Waals surface area contributed by atoms with Gasteiger partial charge in [0.15, 0.2) is 0 Å². The second-order valence-corrected chi connectivity index (χ2v) is 7.31. The standard InChI is InChI=1S/C24H27N3O/c1-3-4-16-28-20-13-11-19(12-14-20)27(2)24(25)26-22-15-10-18-9-8-17-6-5-7-21(22)23(17)18/h5-7,10-15H,3-4,8-9,16H2,1-2H3,(H2,25,26). The molecule has 3 aromatic carbocycles. The van der Waals surface area contributed by atoms with Crippen molar-refractivity contribution in [2.24, 2.45) is 10.7 Å². The van der Waals surface area contributed by atoms with Crippen LogP contribution in [0.15, 0.2) is 59.6 Å². The summed E-state index contributed by atoms with van der Waals surface area (Å²) >= 11 is 0. The van der Waals surface area contributed by atoms with Crippen molar-refractivity contribution in [1.82, 2.24) is 0 Å². The van der Waals surface area contributed by atoms with Crippen molar-refractivity contribution in [3.05, 3.63) is 65.7 Å². The number of benzene rings is 3. The summed E-state index contributed by atoms with van der Waals surface area (Å²) in [5.41, 5.74) is 11.1. The van der Waals surface area contributed by atoms with E-state index in [0.717, 1.165) is 49.4 Å². The fourth-order valence-electron chi connectivity index (χ4n) is 3.76. The minimum atomic E-state index is 0.471. The molecular weight excluding hydrogens is 346 g/mol. The molecule has 0 unspecified atom stereocenters. The Balaban J connectivity index is 1.57. The third-order valence-electron chi connectivity index (χ3n) is 5.42. The number of aryl methyl sites for hydroxylation is 2. The zero-order chi connectivity index (χ0) is 19.5. The van der Waals surface area contributed by atoms with Crippen molar-refractivity contribution in [2.75, 3.05) is 18.6 Å². The first-order chi connectivity index (χ1) is 13.7. The van der Waals surface area contributed by atoms with Crippen molar-refractivity contribution in [1.29, 1.82) is 0 Å². The lowest BCUT2D eigenvalue weighted by molar-refractivity contribution is 0.309. The van der Waals surface area contributed by atoms with Gasteiger partial charge < -0.3 is 15.4 Å². The molecule has 0 radical (unpaired) electrons. The smallest absolute Gasteiger partial charge is 0.200 e. The van der Waals surface area contributed by atoms with E-state index in [-0.39, 0.29) is 0 Å². The van der Waals surface area contributed by atoms with Crippen LogP contribution in [-0.4, -0.2) is 19.6 Å². The molecular formula is C24H27N3O. The SMILES string of the molecule is CCCCOc1ccc(N(C)C(N)=Nc2ccc3c4c(cccc24)CC3)cc1. The molecule has 4 nitrogen and oxygen atoms in total. The molecule has 0 spiro atoms. The van der Waals surface area contributed by atoms with E-state index in [4.69, 9.17) is 15.5 Å². The van der Waals surface area contributed by atoms with Crippen LogP contribution in [0.4, 0.5) is 11.4 Å². The lowest BCUT2D eigenvalue weighted by atomic mass is 10.0. The lowest BCUT2D eigenvalue weighted by Gasteiger charge is -2.19. The van der Waals surface area contributed by atoms with Crippen LogP contribution in [0.2, 0.25) is 0 Å². The number of nitrogens with zero attached hydrogens (tertiary/aromatic N) is 2. The summed E-state index contributed by atoms with van der Waals surface area (Å²) in [6.07, 6.45) is 4.42. The van der Waals surface area contributed by atoms with Crippen molar-refractivity contribution in [3.63, 3.8) is 0 Å². The van der Waals surface area contributed by atoms with E-state index >= 15 is 0 Å². The monoisotopic (exact) mass is 373 g/mol. The van der Waals surface area contributed by atoms with Gasteiger partial charge in [-0.15, -0.1) is 0 Å². The fourth-order valence-corrected chi connectivity index (χ4v) is 3.76. The molecule has 0 saturated carbocycles. The predicted octanol–water partition coefficient (Wildman–Crippen LogP) is 5.20. The normalized spacial score (nSPS) is 13.1. The number of ether oxygens (including phenoxy) is 1. The molecule has 1 aliphatic carbocycles. The Bertz CT molecular complexity index is 998. The van der Waals surface area contributed by atoms with Gasteiger partial charge in [0, 0.05) is 18.1 Å². The number of rotatable bonds is 6. The average Bonchev–Trinajstić information content (AvgIpc) is 3.15. The van der Waals surface area contributed by atoms with Crippen LogP contribution in [0.3, 0.4) is 0 Å². The summed E-state index contributed by atoms with van der Waals surface area (Å²) in [6, 6.07) is 18.7. The lowest BCUT2D eigenvalue weighted by Crippen LogP contribution is -2.33. The number of guanidine groups is 1. The van der Waals surface area contributed by atoms with Gasteiger partial charge in [0.25, 0.3) is 0 Å². The van der Waals surface area contributed by atoms with Crippen LogP contribution >= 0.6 is 0 Å². The van der Waals surface area contributed by atoms with Gasteiger partial charge in [0.1, 0.15) is 5.75 Å². The molecule has 2 N–H and O–H groups in total. The summed E-state index contributed by atoms with van der Waals surface area (Å²) in [6.45, 7) is 2.91. The maximum Gasteiger partial charge on any atom is 0.200 e. The Kier molecular flexibility index (Phi) is 5.20. The fraction of sp³-hybridized carbons (Fsp3) is 0.292. The molecule has 0 aromatic heterocycles. The molecule has 0 bridgehead atoms. The minimum absolute atomic E-state index is 0.471. The molecule has 144 valence electrons. The van der Waals surface area contributed by atoms with E-state index in [1.54, 1.807) is 0 Å². The molecule has 3 aromatic rings. The van der Waals surface area contributed by atoms with Gasteiger partial charge in [-0.3, -0.25) is 0 Å². The molecule has 0 heterocycles. The highest BCUT2D eigenvalue weighted by atomic mass is 16.5. The van der Waals surface area contributed by atoms with Gasteiger partial charge in [0.05, 0.1) is 12.3 Å². The highest BCUT2D eigenvalue weighted by Gasteiger charge is 2.16. The predicted molar refractivity (Wildman–Crippen MR) is 118 cm³/mol. The number of unbranched alkanes of at least 4 members (excludes halogenated alkanes) is 1. The van der Waals surface area contributed by atoms with Crippen molar-refractivity contribution in [3.8, 4) is 5.75 Å². The van der Waals surface area contributed by atoms with Crippen LogP contribution in [0.25, 0.3) is 10.8 Å². The highest BCUT2D eigenvalue weighted by Crippen LogP contribution is 2.36. The van der Waals surface area contributed by atoms with Crippen LogP contribution in [-0.2, 0) is 12.8 Å². The second-order valence-electron chi connectivity index (χ2n) is 7.31. The van der Waals surface area contributed by atoms with E-state index in [1.807, 2.05) is 36.2 Å². The molecule has 0 atom stereocenters. The summed E-state index contributed by atoms with van der Waals surface area (Å²) in [7, 11) is 1.94. The van der Waals surface area contributed by atoms with Crippen molar-refractivity contribution >= 4 is 28.1 Å². The summed E-state index contributed by atoms with van der Waals surface area (Å²) < 4.78 is 5.73. The Morgan fingerprint density at radius 3 is 2.54 bits per heavy atom. The maximum atomic E-state index is 6.34. The van der Waals surface area contributed by atoms with Crippen LogP contribution in [0.5, 0.6) is 5.75 Å². The molecule has 4 heteroatoms. The van der Waals surface area contributed by atoms with E-state index in [1.165, 1.54) is 21.9 Å². The topological polar surface area (TPSA) is 50.9 Å². The van der Waals surface area contributed by atoms with Crippen LogP contribution < -0.4 is 15.4 Å². The van der Waals surface area contributed by atoms with Crippen LogP contribution in [0, 0.1) is 0 Å². The van der Waals surface area contributed by atoms with E-state index in [9.17, 15) is 0 Å². The Labute approximate surface area is 166 Å². The second kappa shape index (κ2) is 7.93. The van der Waals surface area contributed by atoms with Gasteiger partial charge in [-0.2, -0.15) is 0 Å². The van der Waals surface area contributed by atoms with Crippen LogP contribution in [0.1, 0.15) is 30.9 Å². The van der Waals surface area contributed by atoms with Gasteiger partial charge in [-0.1, -0.05) is 37.6 Å². The number of hydrogen-bond donors (Lipinski definition) is 1. The van der Waals surface area contributed by atoms with E-state index in [2.05, 4.69) is 37.3 Å². The first-order valence-corrected chi connectivity index (χ1v) is 10.0. The Morgan fingerprint density at radius 2 is 1.79 bits per heavy atom. The maximum absolute atomic E-state index is 6.34. The number of aliphatic imine (C=N–C) groups is 1. The Morgan fingerprint density at radius 1 is 1.04 bits per heavy atom. The van der Waals surface area contributed by atoms with Gasteiger partial charge >= 0.3 is 0 Å². The highest BCUT2D eigenvalue weighted by molar-refractivity contribution is 6.02. The average molecular weight is 374 g/mol. The molecule has 0 saturated heterocycles. The van der Waals surface area contributed by atoms with Gasteiger partial charge in [-0.05, 0) is 66.1 Å².